The van der Waals surface area contributed by atoms with Crippen LogP contribution in [0, 0.1) is 0 Å². The lowest BCUT2D eigenvalue weighted by Crippen LogP contribution is -2.42. The molecular weight excluding hydrogens is 362 g/mol. The first-order valence-electron chi connectivity index (χ1n) is 7.91. The summed E-state index contributed by atoms with van der Waals surface area (Å²) >= 11 is 0. The second kappa shape index (κ2) is 8.35. The van der Waals surface area contributed by atoms with Gasteiger partial charge in [-0.15, -0.1) is 0 Å². The Balaban J connectivity index is 1.60. The summed E-state index contributed by atoms with van der Waals surface area (Å²) in [6.45, 7) is -2.90. The first-order chi connectivity index (χ1) is 13.1. The van der Waals surface area contributed by atoms with Crippen LogP contribution in [0.15, 0.2) is 47.6 Å². The van der Waals surface area contributed by atoms with Crippen molar-refractivity contribution >= 4 is 12.1 Å². The zero-order valence-corrected chi connectivity index (χ0v) is 14.2. The molecule has 142 valence electrons. The van der Waals surface area contributed by atoms with Crippen molar-refractivity contribution < 1.29 is 32.5 Å². The van der Waals surface area contributed by atoms with E-state index in [0.29, 0.717) is 17.1 Å². The van der Waals surface area contributed by atoms with Crippen LogP contribution in [-0.4, -0.2) is 38.6 Å². The van der Waals surface area contributed by atoms with E-state index in [0.717, 1.165) is 0 Å². The predicted molar refractivity (Wildman–Crippen MR) is 91.7 cm³/mol. The van der Waals surface area contributed by atoms with Crippen molar-refractivity contribution in [1.29, 1.82) is 0 Å². The maximum atomic E-state index is 12.3. The van der Waals surface area contributed by atoms with Crippen molar-refractivity contribution in [3.8, 4) is 23.0 Å². The lowest BCUT2D eigenvalue weighted by Gasteiger charge is -2.24. The SMILES string of the molecule is COc1cc(/C=N\NC(=O)[C@H]2COc3ccccc3O2)ccc1OC(F)F. The van der Waals surface area contributed by atoms with Crippen LogP contribution < -0.4 is 24.4 Å². The van der Waals surface area contributed by atoms with E-state index < -0.39 is 18.6 Å². The van der Waals surface area contributed by atoms with Crippen LogP contribution >= 0.6 is 0 Å². The topological polar surface area (TPSA) is 78.4 Å². The lowest BCUT2D eigenvalue weighted by molar-refractivity contribution is -0.130. The number of benzene rings is 2. The minimum absolute atomic E-state index is 0.0614. The summed E-state index contributed by atoms with van der Waals surface area (Å²) in [6.07, 6.45) is 0.498. The van der Waals surface area contributed by atoms with Gasteiger partial charge in [-0.1, -0.05) is 12.1 Å². The summed E-state index contributed by atoms with van der Waals surface area (Å²) in [5.41, 5.74) is 2.86. The predicted octanol–water partition coefficient (Wildman–Crippen LogP) is 2.59. The number of nitrogens with zero attached hydrogens (tertiary/aromatic N) is 1. The van der Waals surface area contributed by atoms with Crippen molar-refractivity contribution in [2.75, 3.05) is 13.7 Å². The second-order valence-corrected chi connectivity index (χ2v) is 5.39. The maximum Gasteiger partial charge on any atom is 0.387 e. The number of rotatable bonds is 6. The molecule has 3 rings (SSSR count). The number of hydrogen-bond acceptors (Lipinski definition) is 6. The molecule has 9 heteroatoms. The smallest absolute Gasteiger partial charge is 0.387 e. The molecule has 0 fully saturated rings. The van der Waals surface area contributed by atoms with Crippen LogP contribution in [-0.2, 0) is 4.79 Å². The number of ether oxygens (including phenoxy) is 4. The summed E-state index contributed by atoms with van der Waals surface area (Å²) in [7, 11) is 1.33. The Morgan fingerprint density at radius 3 is 2.78 bits per heavy atom. The fourth-order valence-electron chi connectivity index (χ4n) is 2.35. The number of carbonyl (C=O) groups is 1. The highest BCUT2D eigenvalue weighted by Gasteiger charge is 2.27. The molecule has 2 aromatic carbocycles. The van der Waals surface area contributed by atoms with Crippen LogP contribution in [0.1, 0.15) is 5.56 Å². The quantitative estimate of drug-likeness (QED) is 0.618. The maximum absolute atomic E-state index is 12.3. The van der Waals surface area contributed by atoms with E-state index >= 15 is 0 Å². The molecule has 0 spiro atoms. The van der Waals surface area contributed by atoms with E-state index in [-0.39, 0.29) is 18.1 Å². The third kappa shape index (κ3) is 4.63. The van der Waals surface area contributed by atoms with Crippen molar-refractivity contribution in [2.24, 2.45) is 5.10 Å². The van der Waals surface area contributed by atoms with Gasteiger partial charge in [0.15, 0.2) is 23.0 Å². The molecule has 27 heavy (non-hydrogen) atoms. The van der Waals surface area contributed by atoms with Gasteiger partial charge in [0.2, 0.25) is 6.10 Å². The summed E-state index contributed by atoms with van der Waals surface area (Å²) in [5.74, 6) is 0.590. The highest BCUT2D eigenvalue weighted by molar-refractivity contribution is 5.85. The van der Waals surface area contributed by atoms with Gasteiger partial charge in [0.25, 0.3) is 5.91 Å². The number of hydrogen-bond donors (Lipinski definition) is 1. The molecule has 0 aromatic heterocycles. The van der Waals surface area contributed by atoms with Gasteiger partial charge >= 0.3 is 6.61 Å². The van der Waals surface area contributed by atoms with E-state index in [1.54, 1.807) is 24.3 Å². The average molecular weight is 378 g/mol. The average Bonchev–Trinajstić information content (AvgIpc) is 2.68. The Morgan fingerprint density at radius 2 is 2.04 bits per heavy atom. The molecule has 7 nitrogen and oxygen atoms in total. The Hall–Kier alpha value is -3.36. The normalized spacial score (nSPS) is 15.6. The molecule has 1 aliphatic heterocycles. The van der Waals surface area contributed by atoms with Gasteiger partial charge in [-0.2, -0.15) is 13.9 Å². The number of para-hydroxylation sites is 2. The van der Waals surface area contributed by atoms with Crippen LogP contribution in [0.3, 0.4) is 0 Å². The largest absolute Gasteiger partial charge is 0.493 e. The van der Waals surface area contributed by atoms with E-state index in [1.807, 2.05) is 0 Å². The van der Waals surface area contributed by atoms with E-state index in [4.69, 9.17) is 14.2 Å². The van der Waals surface area contributed by atoms with E-state index in [1.165, 1.54) is 31.5 Å². The summed E-state index contributed by atoms with van der Waals surface area (Å²) in [6, 6.07) is 11.3. The molecule has 0 saturated heterocycles. The van der Waals surface area contributed by atoms with Crippen molar-refractivity contribution in [2.45, 2.75) is 12.7 Å². The molecule has 1 N–H and O–H groups in total. The Morgan fingerprint density at radius 1 is 1.26 bits per heavy atom. The number of fused-ring (bicyclic) bond motifs is 1. The molecular formula is C18H16F2N2O5. The van der Waals surface area contributed by atoms with Gasteiger partial charge in [0.1, 0.15) is 6.61 Å². The van der Waals surface area contributed by atoms with E-state index in [9.17, 15) is 13.6 Å². The Bertz CT molecular complexity index is 844. The van der Waals surface area contributed by atoms with Gasteiger partial charge in [-0.05, 0) is 35.9 Å². The van der Waals surface area contributed by atoms with Crippen molar-refractivity contribution in [3.63, 3.8) is 0 Å². The number of methoxy groups -OCH3 is 1. The standard InChI is InChI=1S/C18H16F2N2O5/c1-24-15-8-11(6-7-14(15)27-18(19)20)9-21-22-17(23)16-10-25-12-4-2-3-5-13(12)26-16/h2-9,16,18H,10H2,1H3,(H,22,23)/b21-9-/t16-/m1/s1. The minimum atomic E-state index is -2.96. The summed E-state index contributed by atoms with van der Waals surface area (Å²) in [5, 5.41) is 3.83. The molecule has 0 radical (unpaired) electrons. The third-order valence-electron chi connectivity index (χ3n) is 3.59. The fraction of sp³-hybridized carbons (Fsp3) is 0.222. The monoisotopic (exact) mass is 378 g/mol. The first-order valence-corrected chi connectivity index (χ1v) is 7.91. The van der Waals surface area contributed by atoms with Crippen LogP contribution in [0.2, 0.25) is 0 Å². The number of nitrogens with one attached hydrogen (secondary N) is 1. The Kier molecular flexibility index (Phi) is 5.70. The van der Waals surface area contributed by atoms with Gasteiger partial charge < -0.3 is 18.9 Å². The molecule has 1 aliphatic rings. The molecule has 0 saturated carbocycles. The van der Waals surface area contributed by atoms with Crippen molar-refractivity contribution in [3.05, 3.63) is 48.0 Å². The van der Waals surface area contributed by atoms with Gasteiger partial charge in [-0.3, -0.25) is 4.79 Å². The number of amides is 1. The highest BCUT2D eigenvalue weighted by atomic mass is 19.3. The second-order valence-electron chi connectivity index (χ2n) is 5.39. The van der Waals surface area contributed by atoms with E-state index in [2.05, 4.69) is 15.3 Å². The minimum Gasteiger partial charge on any atom is -0.493 e. The molecule has 0 bridgehead atoms. The van der Waals surface area contributed by atoms with Gasteiger partial charge in [0, 0.05) is 0 Å². The number of alkyl halides is 2. The third-order valence-corrected chi connectivity index (χ3v) is 3.59. The molecule has 1 atom stereocenters. The molecule has 2 aromatic rings. The van der Waals surface area contributed by atoms with Gasteiger partial charge in [0.05, 0.1) is 13.3 Å². The van der Waals surface area contributed by atoms with Crippen molar-refractivity contribution in [1.82, 2.24) is 5.43 Å². The number of halogens is 2. The number of hydrazone groups is 1. The molecule has 1 heterocycles. The zero-order chi connectivity index (χ0) is 19.2. The zero-order valence-electron chi connectivity index (χ0n) is 14.2. The van der Waals surface area contributed by atoms with Gasteiger partial charge in [-0.25, -0.2) is 5.43 Å². The first kappa shape index (κ1) is 18.4. The van der Waals surface area contributed by atoms with Crippen LogP contribution in [0.25, 0.3) is 0 Å². The lowest BCUT2D eigenvalue weighted by atomic mass is 10.2. The highest BCUT2D eigenvalue weighted by Crippen LogP contribution is 2.31. The molecule has 1 amide bonds. The van der Waals surface area contributed by atoms with Crippen LogP contribution in [0.4, 0.5) is 8.78 Å². The van der Waals surface area contributed by atoms with Crippen LogP contribution in [0.5, 0.6) is 23.0 Å². The fourth-order valence-corrected chi connectivity index (χ4v) is 2.35. The Labute approximate surface area is 153 Å². The summed E-state index contributed by atoms with van der Waals surface area (Å²) < 4.78 is 45.0. The number of carbonyl (C=O) groups excluding carboxylic acids is 1. The molecule has 0 aliphatic carbocycles. The molecule has 0 unspecified atom stereocenters. The summed E-state index contributed by atoms with van der Waals surface area (Å²) in [4.78, 5) is 12.1.